The highest BCUT2D eigenvalue weighted by Gasteiger charge is 2.34. The van der Waals surface area contributed by atoms with E-state index in [0.717, 1.165) is 18.6 Å². The van der Waals surface area contributed by atoms with Crippen molar-refractivity contribution in [3.63, 3.8) is 0 Å². The third-order valence-electron chi connectivity index (χ3n) is 3.32. The average molecular weight is 386 g/mol. The van der Waals surface area contributed by atoms with Crippen molar-refractivity contribution in [1.29, 1.82) is 0 Å². The van der Waals surface area contributed by atoms with Gasteiger partial charge in [-0.25, -0.2) is 4.98 Å². The number of carbonyl (C=O) groups is 1. The van der Waals surface area contributed by atoms with Gasteiger partial charge in [0.05, 0.1) is 22.5 Å². The zero-order chi connectivity index (χ0) is 18.4. The van der Waals surface area contributed by atoms with Crippen LogP contribution in [0.15, 0.2) is 40.1 Å². The molecule has 0 radical (unpaired) electrons. The standard InChI is InChI=1S/C17H17F3N2OS2/c1-3-11(2)25-13-5-6-15(14(8-13)17(18,19)20)22-16(23)7-4-12-9-24-10-21-12/h4-11H,3H2,1-2H3,(H,22,23)/b7-4+/t11-/m0/s1. The molecule has 0 bridgehead atoms. The lowest BCUT2D eigenvalue weighted by Crippen LogP contribution is -2.15. The first-order valence-corrected chi connectivity index (χ1v) is 9.37. The number of thiazole rings is 1. The van der Waals surface area contributed by atoms with Crippen LogP contribution < -0.4 is 5.32 Å². The van der Waals surface area contributed by atoms with Gasteiger partial charge in [0.15, 0.2) is 0 Å². The lowest BCUT2D eigenvalue weighted by Gasteiger charge is -2.16. The maximum Gasteiger partial charge on any atom is 0.418 e. The summed E-state index contributed by atoms with van der Waals surface area (Å²) in [6.45, 7) is 3.93. The van der Waals surface area contributed by atoms with Gasteiger partial charge in [-0.05, 0) is 30.7 Å². The van der Waals surface area contributed by atoms with Gasteiger partial charge in [0, 0.05) is 21.6 Å². The van der Waals surface area contributed by atoms with Crippen LogP contribution in [-0.4, -0.2) is 16.1 Å². The number of amides is 1. The molecule has 0 unspecified atom stereocenters. The predicted molar refractivity (Wildman–Crippen MR) is 96.8 cm³/mol. The van der Waals surface area contributed by atoms with Gasteiger partial charge in [0.2, 0.25) is 5.91 Å². The summed E-state index contributed by atoms with van der Waals surface area (Å²) in [5, 5.41) is 4.23. The fourth-order valence-electron chi connectivity index (χ4n) is 1.90. The summed E-state index contributed by atoms with van der Waals surface area (Å²) in [4.78, 5) is 16.4. The van der Waals surface area contributed by atoms with E-state index in [1.807, 2.05) is 13.8 Å². The van der Waals surface area contributed by atoms with Gasteiger partial charge in [-0.3, -0.25) is 4.79 Å². The number of halogens is 3. The van der Waals surface area contributed by atoms with E-state index in [1.54, 1.807) is 17.0 Å². The van der Waals surface area contributed by atoms with Crippen molar-refractivity contribution in [1.82, 2.24) is 4.98 Å². The smallest absolute Gasteiger partial charge is 0.322 e. The molecule has 0 aliphatic rings. The first-order valence-electron chi connectivity index (χ1n) is 7.54. The summed E-state index contributed by atoms with van der Waals surface area (Å²) in [7, 11) is 0. The Hall–Kier alpha value is -1.80. The number of hydrogen-bond donors (Lipinski definition) is 1. The molecule has 2 aromatic rings. The van der Waals surface area contributed by atoms with Crippen LogP contribution in [0, 0.1) is 0 Å². The van der Waals surface area contributed by atoms with Crippen LogP contribution >= 0.6 is 23.1 Å². The minimum Gasteiger partial charge on any atom is -0.322 e. The molecule has 0 aliphatic heterocycles. The van der Waals surface area contributed by atoms with Crippen LogP contribution in [0.3, 0.4) is 0 Å². The zero-order valence-electron chi connectivity index (χ0n) is 13.6. The number of nitrogens with zero attached hydrogens (tertiary/aromatic N) is 1. The number of thioether (sulfide) groups is 1. The Bertz CT molecular complexity index is 743. The quantitative estimate of drug-likeness (QED) is 0.511. The number of anilines is 1. The lowest BCUT2D eigenvalue weighted by molar-refractivity contribution is -0.137. The number of benzene rings is 1. The highest BCUT2D eigenvalue weighted by atomic mass is 32.2. The third kappa shape index (κ3) is 5.89. The molecule has 0 aliphatic carbocycles. The van der Waals surface area contributed by atoms with E-state index in [9.17, 15) is 18.0 Å². The normalized spacial score (nSPS) is 13.2. The maximum absolute atomic E-state index is 13.3. The van der Waals surface area contributed by atoms with Crippen LogP contribution in [0.25, 0.3) is 6.08 Å². The number of rotatable bonds is 6. The van der Waals surface area contributed by atoms with Crippen molar-refractivity contribution in [2.45, 2.75) is 36.6 Å². The summed E-state index contributed by atoms with van der Waals surface area (Å²) in [6, 6.07) is 3.96. The van der Waals surface area contributed by atoms with E-state index in [-0.39, 0.29) is 10.9 Å². The Morgan fingerprint density at radius 3 is 2.80 bits per heavy atom. The van der Waals surface area contributed by atoms with Crippen LogP contribution in [0.5, 0.6) is 0 Å². The van der Waals surface area contributed by atoms with Crippen LogP contribution in [0.2, 0.25) is 0 Å². The molecular weight excluding hydrogens is 369 g/mol. The summed E-state index contributed by atoms with van der Waals surface area (Å²) >= 11 is 2.74. The van der Waals surface area contributed by atoms with E-state index in [2.05, 4.69) is 10.3 Å². The molecule has 0 fully saturated rings. The summed E-state index contributed by atoms with van der Waals surface area (Å²) < 4.78 is 40.0. The molecule has 1 heterocycles. The molecule has 0 saturated heterocycles. The Morgan fingerprint density at radius 1 is 1.44 bits per heavy atom. The van der Waals surface area contributed by atoms with E-state index < -0.39 is 17.6 Å². The Kier molecular flexibility index (Phi) is 6.66. The number of aromatic nitrogens is 1. The van der Waals surface area contributed by atoms with Crippen molar-refractivity contribution >= 4 is 40.8 Å². The minimum atomic E-state index is -4.55. The second-order valence-corrected chi connectivity index (χ2v) is 7.51. The van der Waals surface area contributed by atoms with Crippen LogP contribution in [0.4, 0.5) is 18.9 Å². The highest BCUT2D eigenvalue weighted by Crippen LogP contribution is 2.38. The van der Waals surface area contributed by atoms with E-state index >= 15 is 0 Å². The van der Waals surface area contributed by atoms with E-state index in [0.29, 0.717) is 10.6 Å². The molecule has 25 heavy (non-hydrogen) atoms. The van der Waals surface area contributed by atoms with Crippen molar-refractivity contribution in [3.05, 3.63) is 46.4 Å². The average Bonchev–Trinajstić information content (AvgIpc) is 3.06. The van der Waals surface area contributed by atoms with Gasteiger partial charge in [-0.1, -0.05) is 13.8 Å². The highest BCUT2D eigenvalue weighted by molar-refractivity contribution is 7.99. The third-order valence-corrected chi connectivity index (χ3v) is 5.19. The molecule has 1 amide bonds. The molecule has 8 heteroatoms. The first-order chi connectivity index (χ1) is 11.8. The molecule has 0 saturated carbocycles. The van der Waals surface area contributed by atoms with Gasteiger partial charge >= 0.3 is 6.18 Å². The molecular formula is C17H17F3N2OS2. The van der Waals surface area contributed by atoms with Crippen molar-refractivity contribution < 1.29 is 18.0 Å². The number of nitrogens with one attached hydrogen (secondary N) is 1. The Labute approximate surface area is 152 Å². The monoisotopic (exact) mass is 386 g/mol. The maximum atomic E-state index is 13.3. The molecule has 134 valence electrons. The zero-order valence-corrected chi connectivity index (χ0v) is 15.3. The minimum absolute atomic E-state index is 0.211. The molecule has 1 aromatic carbocycles. The Morgan fingerprint density at radius 2 is 2.20 bits per heavy atom. The Balaban J connectivity index is 2.19. The van der Waals surface area contributed by atoms with Gasteiger partial charge < -0.3 is 5.32 Å². The summed E-state index contributed by atoms with van der Waals surface area (Å²) in [6.07, 6.45) is -1.08. The number of carbonyl (C=O) groups excluding carboxylic acids is 1. The molecule has 1 aromatic heterocycles. The van der Waals surface area contributed by atoms with Crippen molar-refractivity contribution in [2.24, 2.45) is 0 Å². The lowest BCUT2D eigenvalue weighted by atomic mass is 10.1. The summed E-state index contributed by atoms with van der Waals surface area (Å²) in [5.41, 5.74) is 1.08. The second-order valence-electron chi connectivity index (χ2n) is 5.28. The number of alkyl halides is 3. The predicted octanol–water partition coefficient (Wildman–Crippen LogP) is 5.70. The topological polar surface area (TPSA) is 42.0 Å². The first kappa shape index (κ1) is 19.5. The largest absolute Gasteiger partial charge is 0.418 e. The van der Waals surface area contributed by atoms with E-state index in [4.69, 9.17) is 0 Å². The number of hydrogen-bond acceptors (Lipinski definition) is 4. The van der Waals surface area contributed by atoms with Crippen LogP contribution in [-0.2, 0) is 11.0 Å². The van der Waals surface area contributed by atoms with Gasteiger partial charge in [-0.15, -0.1) is 23.1 Å². The fourth-order valence-corrected chi connectivity index (χ4v) is 3.38. The van der Waals surface area contributed by atoms with Crippen molar-refractivity contribution in [3.8, 4) is 0 Å². The fraction of sp³-hybridized carbons (Fsp3) is 0.294. The van der Waals surface area contributed by atoms with E-state index in [1.165, 1.54) is 35.2 Å². The van der Waals surface area contributed by atoms with Gasteiger partial charge in [-0.2, -0.15) is 13.2 Å². The molecule has 1 atom stereocenters. The molecule has 1 N–H and O–H groups in total. The summed E-state index contributed by atoms with van der Waals surface area (Å²) in [5.74, 6) is -0.638. The second kappa shape index (κ2) is 8.53. The molecule has 3 nitrogen and oxygen atoms in total. The SMILES string of the molecule is CC[C@H](C)Sc1ccc(NC(=O)/C=C/c2cscn2)c(C(F)(F)F)c1. The van der Waals surface area contributed by atoms with Gasteiger partial charge in [0.25, 0.3) is 0 Å². The van der Waals surface area contributed by atoms with Gasteiger partial charge in [0.1, 0.15) is 0 Å². The molecule has 0 spiro atoms. The van der Waals surface area contributed by atoms with Crippen molar-refractivity contribution in [2.75, 3.05) is 5.32 Å². The molecule has 2 rings (SSSR count). The van der Waals surface area contributed by atoms with Crippen LogP contribution in [0.1, 0.15) is 31.5 Å².